The number of carbonyl (C=O) groups is 1. The fourth-order valence-electron chi connectivity index (χ4n) is 4.08. The zero-order chi connectivity index (χ0) is 26.0. The number of hydrogen-bond acceptors (Lipinski definition) is 5. The van der Waals surface area contributed by atoms with Crippen molar-refractivity contribution in [3.05, 3.63) is 71.6 Å². The monoisotopic (exact) mass is 506 g/mol. The van der Waals surface area contributed by atoms with Crippen LogP contribution in [-0.2, 0) is 4.74 Å². The van der Waals surface area contributed by atoms with Crippen LogP contribution >= 0.6 is 0 Å². The van der Waals surface area contributed by atoms with Gasteiger partial charge in [0.05, 0.1) is 22.9 Å². The number of anilines is 1. The molecule has 0 saturated carbocycles. The number of benzene rings is 1. The lowest BCUT2D eigenvalue weighted by Crippen LogP contribution is -2.35. The molecule has 2 aromatic heterocycles. The molecule has 190 valence electrons. The van der Waals surface area contributed by atoms with Gasteiger partial charge in [-0.15, -0.1) is 0 Å². The Balaban J connectivity index is 1.83. The molecule has 1 aromatic carbocycles. The molecule has 1 N–H and O–H groups in total. The molecular formula is C25H23F5N4O2. The fraction of sp³-hybridized carbons (Fsp3) is 0.360. The van der Waals surface area contributed by atoms with E-state index in [-0.39, 0.29) is 53.4 Å². The first-order valence-corrected chi connectivity index (χ1v) is 11.3. The molecule has 3 heterocycles. The Morgan fingerprint density at radius 2 is 1.81 bits per heavy atom. The van der Waals surface area contributed by atoms with Crippen LogP contribution in [0.3, 0.4) is 0 Å². The second-order valence-corrected chi connectivity index (χ2v) is 8.76. The predicted octanol–water partition coefficient (Wildman–Crippen LogP) is 6.22. The lowest BCUT2D eigenvalue weighted by molar-refractivity contribution is -0.223. The molecule has 3 aromatic rings. The van der Waals surface area contributed by atoms with E-state index in [2.05, 4.69) is 20.3 Å². The fourth-order valence-corrected chi connectivity index (χ4v) is 4.08. The Hall–Kier alpha value is -3.47. The molecule has 0 radical (unpaired) electrons. The largest absolute Gasteiger partial charge is 0.394 e. The van der Waals surface area contributed by atoms with Crippen molar-refractivity contribution >= 4 is 11.6 Å². The lowest BCUT2D eigenvalue weighted by Gasteiger charge is -2.34. The molecule has 0 aliphatic carbocycles. The summed E-state index contributed by atoms with van der Waals surface area (Å²) in [5.41, 5.74) is -0.705. The third-order valence-corrected chi connectivity index (χ3v) is 5.90. The highest BCUT2D eigenvalue weighted by Gasteiger charge is 2.48. The first-order chi connectivity index (χ1) is 17.1. The third-order valence-electron chi connectivity index (χ3n) is 5.90. The summed E-state index contributed by atoms with van der Waals surface area (Å²) >= 11 is 0. The molecule has 1 saturated heterocycles. The number of alkyl halides is 3. The second-order valence-electron chi connectivity index (χ2n) is 8.76. The SMILES string of the molecule is CC(C)c1ncc(C(=O)Nc2c(-c3cc(F)ccc3F)ccnc2[C@H]2OCCC[C@@H]2C(F)(F)F)cn1. The van der Waals surface area contributed by atoms with Crippen molar-refractivity contribution in [2.75, 3.05) is 11.9 Å². The summed E-state index contributed by atoms with van der Waals surface area (Å²) in [6.07, 6.45) is -2.42. The highest BCUT2D eigenvalue weighted by Crippen LogP contribution is 2.46. The zero-order valence-electron chi connectivity index (χ0n) is 19.4. The van der Waals surface area contributed by atoms with Gasteiger partial charge in [-0.1, -0.05) is 13.8 Å². The molecule has 4 rings (SSSR count). The molecule has 1 aliphatic rings. The highest BCUT2D eigenvalue weighted by atomic mass is 19.4. The summed E-state index contributed by atoms with van der Waals surface area (Å²) in [6, 6.07) is 4.00. The number of hydrogen-bond donors (Lipinski definition) is 1. The van der Waals surface area contributed by atoms with Crippen LogP contribution in [0.1, 0.15) is 60.6 Å². The van der Waals surface area contributed by atoms with Crippen LogP contribution in [0.2, 0.25) is 0 Å². The molecule has 0 spiro atoms. The first-order valence-electron chi connectivity index (χ1n) is 11.3. The molecule has 1 fully saturated rings. The van der Waals surface area contributed by atoms with Crippen LogP contribution in [-0.4, -0.2) is 33.6 Å². The molecule has 1 amide bonds. The summed E-state index contributed by atoms with van der Waals surface area (Å²) in [7, 11) is 0. The van der Waals surface area contributed by atoms with E-state index >= 15 is 0 Å². The quantitative estimate of drug-likeness (QED) is 0.416. The third kappa shape index (κ3) is 5.35. The lowest BCUT2D eigenvalue weighted by atomic mass is 9.89. The van der Waals surface area contributed by atoms with Gasteiger partial charge in [0.25, 0.3) is 5.91 Å². The van der Waals surface area contributed by atoms with Crippen molar-refractivity contribution < 1.29 is 31.5 Å². The number of carbonyl (C=O) groups excluding carboxylic acids is 1. The van der Waals surface area contributed by atoms with Gasteiger partial charge < -0.3 is 10.1 Å². The van der Waals surface area contributed by atoms with Gasteiger partial charge in [-0.25, -0.2) is 18.7 Å². The predicted molar refractivity (Wildman–Crippen MR) is 121 cm³/mol. The van der Waals surface area contributed by atoms with Crippen LogP contribution in [0.4, 0.5) is 27.6 Å². The summed E-state index contributed by atoms with van der Waals surface area (Å²) in [6.45, 7) is 3.80. The van der Waals surface area contributed by atoms with Crippen molar-refractivity contribution in [2.24, 2.45) is 5.92 Å². The van der Waals surface area contributed by atoms with Crippen molar-refractivity contribution in [3.8, 4) is 11.1 Å². The molecule has 1 aliphatic heterocycles. The normalized spacial score (nSPS) is 18.3. The van der Waals surface area contributed by atoms with Gasteiger partial charge in [-0.05, 0) is 37.1 Å². The van der Waals surface area contributed by atoms with E-state index in [1.807, 2.05) is 13.8 Å². The Morgan fingerprint density at radius 3 is 2.47 bits per heavy atom. The average molecular weight is 506 g/mol. The maximum atomic E-state index is 14.7. The number of amides is 1. The van der Waals surface area contributed by atoms with E-state index in [0.29, 0.717) is 5.82 Å². The standard InChI is InChI=1S/C25H23F5N4O2/c1-13(2)23-32-11-14(12-33-23)24(35)34-20-16(17-10-15(26)5-6-19(17)27)7-8-31-21(20)22-18(25(28,29)30)4-3-9-36-22/h5-8,10-13,18,22H,3-4,9H2,1-2H3,(H,34,35)/t18-,22-/m0/s1. The number of pyridine rings is 1. The topological polar surface area (TPSA) is 77.0 Å². The van der Waals surface area contributed by atoms with E-state index in [0.717, 1.165) is 18.2 Å². The number of halogens is 5. The van der Waals surface area contributed by atoms with Gasteiger partial charge in [0.2, 0.25) is 0 Å². The molecule has 11 heteroatoms. The summed E-state index contributed by atoms with van der Waals surface area (Å²) in [5, 5.41) is 2.54. The van der Waals surface area contributed by atoms with Gasteiger partial charge in [-0.2, -0.15) is 13.2 Å². The average Bonchev–Trinajstić information content (AvgIpc) is 2.85. The highest BCUT2D eigenvalue weighted by molar-refractivity contribution is 6.06. The Kier molecular flexibility index (Phi) is 7.30. The van der Waals surface area contributed by atoms with Gasteiger partial charge >= 0.3 is 6.18 Å². The van der Waals surface area contributed by atoms with Gasteiger partial charge in [0.15, 0.2) is 0 Å². The molecule has 36 heavy (non-hydrogen) atoms. The summed E-state index contributed by atoms with van der Waals surface area (Å²) < 4.78 is 75.8. The number of rotatable bonds is 5. The number of aromatic nitrogens is 3. The molecule has 0 bridgehead atoms. The minimum Gasteiger partial charge on any atom is -0.371 e. The summed E-state index contributed by atoms with van der Waals surface area (Å²) in [4.78, 5) is 25.5. The van der Waals surface area contributed by atoms with Crippen molar-refractivity contribution in [2.45, 2.75) is 44.9 Å². The van der Waals surface area contributed by atoms with Crippen LogP contribution in [0.15, 0.2) is 42.9 Å². The van der Waals surface area contributed by atoms with Gasteiger partial charge in [0, 0.05) is 42.2 Å². The van der Waals surface area contributed by atoms with Crippen LogP contribution < -0.4 is 5.32 Å². The zero-order valence-corrected chi connectivity index (χ0v) is 19.4. The number of nitrogens with zero attached hydrogens (tertiary/aromatic N) is 3. The first kappa shape index (κ1) is 25.6. The van der Waals surface area contributed by atoms with E-state index in [9.17, 15) is 26.7 Å². The minimum absolute atomic E-state index is 0.0114. The van der Waals surface area contributed by atoms with E-state index in [4.69, 9.17) is 4.74 Å². The Bertz CT molecular complexity index is 1250. The Morgan fingerprint density at radius 1 is 1.08 bits per heavy atom. The van der Waals surface area contributed by atoms with E-state index < -0.39 is 35.7 Å². The molecule has 0 unspecified atom stereocenters. The van der Waals surface area contributed by atoms with Crippen LogP contribution in [0, 0.1) is 17.6 Å². The number of nitrogens with one attached hydrogen (secondary N) is 1. The molecular weight excluding hydrogens is 483 g/mol. The maximum Gasteiger partial charge on any atom is 0.394 e. The molecule has 6 nitrogen and oxygen atoms in total. The van der Waals surface area contributed by atoms with E-state index in [1.54, 1.807) is 0 Å². The summed E-state index contributed by atoms with van der Waals surface area (Å²) in [5.74, 6) is -3.72. The smallest absolute Gasteiger partial charge is 0.371 e. The van der Waals surface area contributed by atoms with Crippen molar-refractivity contribution in [3.63, 3.8) is 0 Å². The number of ether oxygens (including phenoxy) is 1. The second kappa shape index (κ2) is 10.3. The minimum atomic E-state index is -4.60. The van der Waals surface area contributed by atoms with E-state index in [1.165, 1.54) is 24.7 Å². The maximum absolute atomic E-state index is 14.7. The van der Waals surface area contributed by atoms with Crippen molar-refractivity contribution in [1.29, 1.82) is 0 Å². The van der Waals surface area contributed by atoms with Crippen LogP contribution in [0.25, 0.3) is 11.1 Å². The van der Waals surface area contributed by atoms with Crippen molar-refractivity contribution in [1.82, 2.24) is 15.0 Å². The van der Waals surface area contributed by atoms with Gasteiger partial charge in [0.1, 0.15) is 23.6 Å². The molecule has 2 atom stereocenters. The Labute approximate surface area is 204 Å². The van der Waals surface area contributed by atoms with Gasteiger partial charge in [-0.3, -0.25) is 9.78 Å². The van der Waals surface area contributed by atoms with Crippen LogP contribution in [0.5, 0.6) is 0 Å².